The van der Waals surface area contributed by atoms with E-state index in [2.05, 4.69) is 34.6 Å². The lowest BCUT2D eigenvalue weighted by atomic mass is 9.43. The summed E-state index contributed by atoms with van der Waals surface area (Å²) in [5.74, 6) is 2.62. The standard InChI is InChI=1S/C27H48O4/c1-15(2)22(29)9-6-16(3)19-7-8-20-25-21(14-24(31)27(19,20)5)26(4)11-10-18(28)12-17(26)13-23(25)30/h15-25,28-31H,6-14H2,1-5H3/t16-,17+,18-,19-,20+,21-,22+,23-,24+,25+,26+,27-/m1/s1. The van der Waals surface area contributed by atoms with Crippen molar-refractivity contribution in [2.75, 3.05) is 0 Å². The summed E-state index contributed by atoms with van der Waals surface area (Å²) in [6.45, 7) is 11.2. The largest absolute Gasteiger partial charge is 0.393 e. The Balaban J connectivity index is 1.55. The van der Waals surface area contributed by atoms with Crippen molar-refractivity contribution in [1.29, 1.82) is 0 Å². The van der Waals surface area contributed by atoms with Crippen LogP contribution in [0.2, 0.25) is 0 Å². The number of aliphatic hydroxyl groups is 4. The topological polar surface area (TPSA) is 80.9 Å². The summed E-state index contributed by atoms with van der Waals surface area (Å²) < 4.78 is 0. The van der Waals surface area contributed by atoms with Crippen LogP contribution in [0.1, 0.15) is 92.4 Å². The predicted octanol–water partition coefficient (Wildman–Crippen LogP) is 4.38. The lowest BCUT2D eigenvalue weighted by Crippen LogP contribution is -2.62. The molecule has 4 aliphatic carbocycles. The van der Waals surface area contributed by atoms with Gasteiger partial charge in [-0.2, -0.15) is 0 Å². The third-order valence-corrected chi connectivity index (χ3v) is 11.2. The zero-order chi connectivity index (χ0) is 22.7. The maximum Gasteiger partial charge on any atom is 0.0602 e. The fourth-order valence-corrected chi connectivity index (χ4v) is 9.10. The molecule has 0 aromatic carbocycles. The molecule has 0 spiro atoms. The molecule has 0 heterocycles. The number of hydrogen-bond donors (Lipinski definition) is 4. The molecule has 31 heavy (non-hydrogen) atoms. The summed E-state index contributed by atoms with van der Waals surface area (Å²) in [5.41, 5.74) is -0.00175. The van der Waals surface area contributed by atoms with E-state index in [0.717, 1.165) is 57.8 Å². The van der Waals surface area contributed by atoms with Gasteiger partial charge in [0.2, 0.25) is 0 Å². The monoisotopic (exact) mass is 436 g/mol. The molecule has 0 bridgehead atoms. The van der Waals surface area contributed by atoms with E-state index in [-0.39, 0.29) is 41.2 Å². The summed E-state index contributed by atoms with van der Waals surface area (Å²) in [5, 5.41) is 43.6. The van der Waals surface area contributed by atoms with E-state index in [1.54, 1.807) is 0 Å². The number of aliphatic hydroxyl groups excluding tert-OH is 4. The first kappa shape index (κ1) is 24.0. The summed E-state index contributed by atoms with van der Waals surface area (Å²) in [4.78, 5) is 0. The molecule has 0 radical (unpaired) electrons. The molecule has 0 amide bonds. The molecule has 12 atom stereocenters. The third-order valence-electron chi connectivity index (χ3n) is 11.2. The van der Waals surface area contributed by atoms with Gasteiger partial charge < -0.3 is 20.4 Å². The van der Waals surface area contributed by atoms with Crippen molar-refractivity contribution in [2.45, 2.75) is 117 Å². The van der Waals surface area contributed by atoms with Crippen molar-refractivity contribution in [3.8, 4) is 0 Å². The van der Waals surface area contributed by atoms with Crippen LogP contribution in [0.15, 0.2) is 0 Å². The molecule has 4 saturated carbocycles. The Morgan fingerprint density at radius 3 is 2.26 bits per heavy atom. The van der Waals surface area contributed by atoms with Gasteiger partial charge in [-0.3, -0.25) is 0 Å². The minimum absolute atomic E-state index is 0.135. The van der Waals surface area contributed by atoms with Gasteiger partial charge in [0.1, 0.15) is 0 Å². The van der Waals surface area contributed by atoms with Crippen LogP contribution in [-0.4, -0.2) is 44.8 Å². The molecule has 0 aromatic rings. The third kappa shape index (κ3) is 3.82. The smallest absolute Gasteiger partial charge is 0.0602 e. The summed E-state index contributed by atoms with van der Waals surface area (Å²) in [6, 6.07) is 0. The van der Waals surface area contributed by atoms with Crippen molar-refractivity contribution in [3.63, 3.8) is 0 Å². The summed E-state index contributed by atoms with van der Waals surface area (Å²) in [6.07, 6.45) is 7.31. The van der Waals surface area contributed by atoms with Gasteiger partial charge in [-0.25, -0.2) is 0 Å². The van der Waals surface area contributed by atoms with Gasteiger partial charge in [0, 0.05) is 0 Å². The normalized spacial score (nSPS) is 51.7. The molecule has 4 nitrogen and oxygen atoms in total. The maximum atomic E-state index is 11.6. The minimum atomic E-state index is -0.321. The second-order valence-corrected chi connectivity index (χ2v) is 12.9. The van der Waals surface area contributed by atoms with Crippen LogP contribution in [0.4, 0.5) is 0 Å². The quantitative estimate of drug-likeness (QED) is 0.515. The molecule has 0 unspecified atom stereocenters. The molecule has 4 heteroatoms. The average Bonchev–Trinajstić information content (AvgIpc) is 3.06. The Hall–Kier alpha value is -0.160. The molecule has 4 aliphatic rings. The van der Waals surface area contributed by atoms with E-state index in [1.165, 1.54) is 0 Å². The van der Waals surface area contributed by atoms with Crippen LogP contribution in [0.25, 0.3) is 0 Å². The van der Waals surface area contributed by atoms with Gasteiger partial charge in [0.15, 0.2) is 0 Å². The van der Waals surface area contributed by atoms with E-state index in [9.17, 15) is 20.4 Å². The lowest BCUT2D eigenvalue weighted by Gasteiger charge is -2.63. The molecule has 0 aliphatic heterocycles. The predicted molar refractivity (Wildman–Crippen MR) is 123 cm³/mol. The maximum absolute atomic E-state index is 11.6. The Labute approximate surface area is 189 Å². The summed E-state index contributed by atoms with van der Waals surface area (Å²) in [7, 11) is 0. The molecule has 4 N–H and O–H groups in total. The second-order valence-electron chi connectivity index (χ2n) is 12.9. The molecular formula is C27H48O4. The zero-order valence-electron chi connectivity index (χ0n) is 20.5. The van der Waals surface area contributed by atoms with E-state index in [4.69, 9.17) is 0 Å². The zero-order valence-corrected chi connectivity index (χ0v) is 20.5. The van der Waals surface area contributed by atoms with E-state index in [1.807, 2.05) is 0 Å². The van der Waals surface area contributed by atoms with Crippen LogP contribution in [-0.2, 0) is 0 Å². The van der Waals surface area contributed by atoms with Gasteiger partial charge in [0.25, 0.3) is 0 Å². The Kier molecular flexibility index (Phi) is 6.62. The van der Waals surface area contributed by atoms with Crippen molar-refractivity contribution in [2.24, 2.45) is 52.3 Å². The molecule has 180 valence electrons. The van der Waals surface area contributed by atoms with Crippen LogP contribution >= 0.6 is 0 Å². The summed E-state index contributed by atoms with van der Waals surface area (Å²) >= 11 is 0. The van der Waals surface area contributed by atoms with Crippen molar-refractivity contribution in [3.05, 3.63) is 0 Å². The molecular weight excluding hydrogens is 388 g/mol. The second kappa shape index (κ2) is 8.56. The van der Waals surface area contributed by atoms with Gasteiger partial charge in [0.05, 0.1) is 24.4 Å². The molecule has 0 aromatic heterocycles. The highest BCUT2D eigenvalue weighted by Crippen LogP contribution is 2.68. The minimum Gasteiger partial charge on any atom is -0.393 e. The first-order valence-electron chi connectivity index (χ1n) is 13.2. The Morgan fingerprint density at radius 2 is 1.58 bits per heavy atom. The van der Waals surface area contributed by atoms with E-state index in [0.29, 0.717) is 35.5 Å². The SMILES string of the molecule is CC(C)[C@@H](O)CC[C@@H](C)[C@H]1CC[C@H]2[C@@H]3[C@H](O)C[C@@H]4C[C@H](O)CC[C@]4(C)[C@@H]3C[C@H](O)[C@]12C. The lowest BCUT2D eigenvalue weighted by molar-refractivity contribution is -0.207. The van der Waals surface area contributed by atoms with E-state index >= 15 is 0 Å². The highest BCUT2D eigenvalue weighted by Gasteiger charge is 2.65. The fraction of sp³-hybridized carbons (Fsp3) is 1.00. The van der Waals surface area contributed by atoms with Crippen LogP contribution < -0.4 is 0 Å². The van der Waals surface area contributed by atoms with Gasteiger partial charge >= 0.3 is 0 Å². The molecule has 0 saturated heterocycles. The van der Waals surface area contributed by atoms with Crippen molar-refractivity contribution >= 4 is 0 Å². The van der Waals surface area contributed by atoms with Gasteiger partial charge in [-0.05, 0) is 110 Å². The Bertz CT molecular complexity index is 637. The van der Waals surface area contributed by atoms with Crippen molar-refractivity contribution < 1.29 is 20.4 Å². The average molecular weight is 437 g/mol. The Morgan fingerprint density at radius 1 is 0.871 bits per heavy atom. The van der Waals surface area contributed by atoms with Crippen LogP contribution in [0.5, 0.6) is 0 Å². The first-order valence-corrected chi connectivity index (χ1v) is 13.2. The first-order chi connectivity index (χ1) is 14.5. The van der Waals surface area contributed by atoms with E-state index < -0.39 is 0 Å². The van der Waals surface area contributed by atoms with Gasteiger partial charge in [-0.15, -0.1) is 0 Å². The van der Waals surface area contributed by atoms with Crippen LogP contribution in [0, 0.1) is 52.3 Å². The number of rotatable bonds is 5. The highest BCUT2D eigenvalue weighted by atomic mass is 16.3. The molecule has 4 rings (SSSR count). The van der Waals surface area contributed by atoms with Crippen LogP contribution in [0.3, 0.4) is 0 Å². The highest BCUT2D eigenvalue weighted by molar-refractivity contribution is 5.14. The fourth-order valence-electron chi connectivity index (χ4n) is 9.10. The number of fused-ring (bicyclic) bond motifs is 5. The van der Waals surface area contributed by atoms with Crippen molar-refractivity contribution in [1.82, 2.24) is 0 Å². The number of hydrogen-bond acceptors (Lipinski definition) is 4. The van der Waals surface area contributed by atoms with Gasteiger partial charge in [-0.1, -0.05) is 34.6 Å². The molecule has 4 fully saturated rings.